The molecule has 2 fully saturated rings. The Morgan fingerprint density at radius 1 is 1.03 bits per heavy atom. The third kappa shape index (κ3) is 4.19. The van der Waals surface area contributed by atoms with Gasteiger partial charge in [0.25, 0.3) is 10.0 Å². The van der Waals surface area contributed by atoms with Crippen molar-refractivity contribution >= 4 is 38.1 Å². The molecule has 0 aliphatic heterocycles. The minimum Gasteiger partial charge on any atom is -0.367 e. The monoisotopic (exact) mass is 494 g/mol. The number of aromatic nitrogens is 2. The maximum Gasteiger partial charge on any atom is 0.253 e. The third-order valence-corrected chi connectivity index (χ3v) is 9.49. The standard InChI is InChI=1S/C25H23FN4O2S2/c26-22-13-18(12-21-24(22)27-15-28-25(21)29-19-6-7-19)17-4-1-3-16(11-17)14-30(20-8-9-20)34(31,32)23-5-2-10-33-23/h1-5,10-13,15,19-20H,6-9,14H2,(H,27,28,29). The lowest BCUT2D eigenvalue weighted by Crippen LogP contribution is -2.32. The highest BCUT2D eigenvalue weighted by molar-refractivity contribution is 7.91. The van der Waals surface area contributed by atoms with E-state index >= 15 is 0 Å². The van der Waals surface area contributed by atoms with Gasteiger partial charge < -0.3 is 5.32 Å². The number of anilines is 1. The van der Waals surface area contributed by atoms with E-state index < -0.39 is 15.8 Å². The summed E-state index contributed by atoms with van der Waals surface area (Å²) in [4.78, 5) is 8.48. The van der Waals surface area contributed by atoms with Gasteiger partial charge in [0.1, 0.15) is 27.7 Å². The number of nitrogens with zero attached hydrogens (tertiary/aromatic N) is 3. The van der Waals surface area contributed by atoms with Gasteiger partial charge in [-0.05, 0) is 72.0 Å². The Hall–Kier alpha value is -2.88. The van der Waals surface area contributed by atoms with Gasteiger partial charge in [0.2, 0.25) is 0 Å². The van der Waals surface area contributed by atoms with Gasteiger partial charge in [-0.3, -0.25) is 0 Å². The van der Waals surface area contributed by atoms with Crippen molar-refractivity contribution in [3.8, 4) is 11.1 Å². The van der Waals surface area contributed by atoms with Crippen molar-refractivity contribution in [2.45, 2.75) is 48.5 Å². The number of hydrogen-bond acceptors (Lipinski definition) is 6. The molecule has 0 radical (unpaired) electrons. The predicted molar refractivity (Wildman–Crippen MR) is 132 cm³/mol. The summed E-state index contributed by atoms with van der Waals surface area (Å²) < 4.78 is 43.4. The van der Waals surface area contributed by atoms with E-state index in [4.69, 9.17) is 0 Å². The molecule has 34 heavy (non-hydrogen) atoms. The topological polar surface area (TPSA) is 75.2 Å². The zero-order valence-corrected chi connectivity index (χ0v) is 19.9. The highest BCUT2D eigenvalue weighted by atomic mass is 32.2. The first-order valence-electron chi connectivity index (χ1n) is 11.3. The smallest absolute Gasteiger partial charge is 0.253 e. The number of thiophene rings is 1. The number of hydrogen-bond donors (Lipinski definition) is 1. The zero-order valence-electron chi connectivity index (χ0n) is 18.3. The maximum atomic E-state index is 15.0. The van der Waals surface area contributed by atoms with Crippen LogP contribution in [0.4, 0.5) is 10.2 Å². The van der Waals surface area contributed by atoms with Gasteiger partial charge in [-0.2, -0.15) is 4.31 Å². The summed E-state index contributed by atoms with van der Waals surface area (Å²) in [6.45, 7) is 0.284. The molecule has 2 aliphatic carbocycles. The molecule has 0 amide bonds. The third-order valence-electron chi connectivity index (χ3n) is 6.22. The van der Waals surface area contributed by atoms with Crippen LogP contribution in [0.15, 0.2) is 64.4 Å². The molecule has 9 heteroatoms. The molecule has 2 saturated carbocycles. The van der Waals surface area contributed by atoms with Gasteiger partial charge in [-0.25, -0.2) is 22.8 Å². The summed E-state index contributed by atoms with van der Waals surface area (Å²) in [7, 11) is -3.55. The van der Waals surface area contributed by atoms with Crippen molar-refractivity contribution in [1.29, 1.82) is 0 Å². The van der Waals surface area contributed by atoms with Crippen LogP contribution in [0.3, 0.4) is 0 Å². The summed E-state index contributed by atoms with van der Waals surface area (Å²) in [6, 6.07) is 14.9. The predicted octanol–water partition coefficient (Wildman–Crippen LogP) is 5.43. The van der Waals surface area contributed by atoms with Gasteiger partial charge >= 0.3 is 0 Å². The van der Waals surface area contributed by atoms with E-state index in [1.54, 1.807) is 21.8 Å². The first-order valence-corrected chi connectivity index (χ1v) is 13.7. The molecule has 2 heterocycles. The molecule has 2 aromatic heterocycles. The second-order valence-corrected chi connectivity index (χ2v) is 12.0. The summed E-state index contributed by atoms with van der Waals surface area (Å²) in [5.41, 5.74) is 2.69. The zero-order chi connectivity index (χ0) is 23.3. The fraction of sp³-hybridized carbons (Fsp3) is 0.280. The van der Waals surface area contributed by atoms with Gasteiger partial charge in [0, 0.05) is 24.0 Å². The highest BCUT2D eigenvalue weighted by Gasteiger charge is 2.38. The molecular weight excluding hydrogens is 471 g/mol. The fourth-order valence-electron chi connectivity index (χ4n) is 4.16. The van der Waals surface area contributed by atoms with Crippen molar-refractivity contribution in [3.63, 3.8) is 0 Å². The molecule has 174 valence electrons. The van der Waals surface area contributed by atoms with Crippen molar-refractivity contribution in [1.82, 2.24) is 14.3 Å². The average molecular weight is 495 g/mol. The number of sulfonamides is 1. The molecule has 6 nitrogen and oxygen atoms in total. The van der Waals surface area contributed by atoms with E-state index in [2.05, 4.69) is 15.3 Å². The van der Waals surface area contributed by atoms with Crippen LogP contribution in [-0.4, -0.2) is 34.8 Å². The molecule has 2 aliphatic rings. The number of rotatable bonds is 8. The summed E-state index contributed by atoms with van der Waals surface area (Å²) in [5.74, 6) is 0.241. The molecule has 4 aromatic rings. The molecule has 0 saturated heterocycles. The minimum atomic E-state index is -3.55. The Labute approximate surface area is 201 Å². The molecule has 0 bridgehead atoms. The van der Waals surface area contributed by atoms with Crippen molar-refractivity contribution < 1.29 is 12.8 Å². The average Bonchev–Trinajstić information content (AvgIpc) is 3.77. The summed E-state index contributed by atoms with van der Waals surface area (Å²) in [5, 5.41) is 5.79. The minimum absolute atomic E-state index is 0.0297. The van der Waals surface area contributed by atoms with Crippen molar-refractivity contribution in [2.24, 2.45) is 0 Å². The van der Waals surface area contributed by atoms with E-state index in [-0.39, 0.29) is 12.6 Å². The van der Waals surface area contributed by atoms with E-state index in [0.717, 1.165) is 36.8 Å². The van der Waals surface area contributed by atoms with Crippen molar-refractivity contribution in [2.75, 3.05) is 5.32 Å². The lowest BCUT2D eigenvalue weighted by atomic mass is 10.0. The molecule has 2 aromatic carbocycles. The van der Waals surface area contributed by atoms with E-state index in [1.165, 1.54) is 23.7 Å². The fourth-order valence-corrected chi connectivity index (χ4v) is 6.95. The Balaban J connectivity index is 1.35. The van der Waals surface area contributed by atoms with Gasteiger partial charge in [0.05, 0.1) is 0 Å². The molecule has 0 unspecified atom stereocenters. The summed E-state index contributed by atoms with van der Waals surface area (Å²) >= 11 is 1.24. The highest BCUT2D eigenvalue weighted by Crippen LogP contribution is 2.36. The SMILES string of the molecule is O=S(=O)(c1cccs1)N(Cc1cccc(-c2cc(F)c3ncnc(NC4CC4)c3c2)c1)C1CC1. The normalized spacial score (nSPS) is 16.3. The maximum absolute atomic E-state index is 15.0. The van der Waals surface area contributed by atoms with Crippen LogP contribution in [0, 0.1) is 5.82 Å². The van der Waals surface area contributed by atoms with E-state index in [0.29, 0.717) is 32.5 Å². The van der Waals surface area contributed by atoms with Gasteiger partial charge in [-0.1, -0.05) is 24.3 Å². The Morgan fingerprint density at radius 2 is 1.88 bits per heavy atom. The Bertz CT molecular complexity index is 1470. The van der Waals surface area contributed by atoms with Crippen LogP contribution in [-0.2, 0) is 16.6 Å². The Kier molecular flexibility index (Phi) is 5.35. The van der Waals surface area contributed by atoms with Crippen LogP contribution in [0.1, 0.15) is 31.2 Å². The number of benzene rings is 2. The van der Waals surface area contributed by atoms with Gasteiger partial charge in [0.15, 0.2) is 0 Å². The lowest BCUT2D eigenvalue weighted by Gasteiger charge is -2.21. The number of halogens is 1. The molecule has 0 atom stereocenters. The van der Waals surface area contributed by atoms with Crippen molar-refractivity contribution in [3.05, 3.63) is 71.6 Å². The second kappa shape index (κ2) is 8.41. The van der Waals surface area contributed by atoms with Crippen LogP contribution in [0.5, 0.6) is 0 Å². The summed E-state index contributed by atoms with van der Waals surface area (Å²) in [6.07, 6.45) is 5.30. The van der Waals surface area contributed by atoms with Gasteiger partial charge in [-0.15, -0.1) is 11.3 Å². The molecule has 0 spiro atoms. The first-order chi connectivity index (χ1) is 16.5. The van der Waals surface area contributed by atoms with E-state index in [9.17, 15) is 12.8 Å². The Morgan fingerprint density at radius 3 is 2.62 bits per heavy atom. The first kappa shape index (κ1) is 21.6. The van der Waals surface area contributed by atoms with Crippen LogP contribution in [0.2, 0.25) is 0 Å². The van der Waals surface area contributed by atoms with E-state index in [1.807, 2.05) is 30.3 Å². The molecular formula is C25H23FN4O2S2. The van der Waals surface area contributed by atoms with Crippen LogP contribution >= 0.6 is 11.3 Å². The quantitative estimate of drug-likeness (QED) is 0.354. The second-order valence-electron chi connectivity index (χ2n) is 8.91. The molecule has 1 N–H and O–H groups in total. The van der Waals surface area contributed by atoms with Crippen LogP contribution < -0.4 is 5.32 Å². The molecule has 6 rings (SSSR count). The lowest BCUT2D eigenvalue weighted by molar-refractivity contribution is 0.400. The number of nitrogens with one attached hydrogen (secondary N) is 1. The number of fused-ring (bicyclic) bond motifs is 1. The largest absolute Gasteiger partial charge is 0.367 e. The van der Waals surface area contributed by atoms with Crippen LogP contribution in [0.25, 0.3) is 22.0 Å².